The van der Waals surface area contributed by atoms with Crippen LogP contribution in [-0.4, -0.2) is 36.6 Å². The molecule has 7 nitrogen and oxygen atoms in total. The summed E-state index contributed by atoms with van der Waals surface area (Å²) in [6.45, 7) is 5.53. The monoisotopic (exact) mass is 371 g/mol. The second kappa shape index (κ2) is 15.3. The van der Waals surface area contributed by atoms with Crippen LogP contribution < -0.4 is 0 Å². The van der Waals surface area contributed by atoms with Crippen molar-refractivity contribution < 1.29 is 24.0 Å². The fourth-order valence-electron chi connectivity index (χ4n) is 2.69. The summed E-state index contributed by atoms with van der Waals surface area (Å²) in [4.78, 5) is 33.3. The molecule has 0 aromatic rings. The molecule has 0 aliphatic heterocycles. The first-order valence-corrected chi connectivity index (χ1v) is 9.47. The Morgan fingerprint density at radius 2 is 1.58 bits per heavy atom. The Kier molecular flexibility index (Phi) is 14.2. The van der Waals surface area contributed by atoms with Crippen LogP contribution in [0, 0.1) is 10.1 Å². The Morgan fingerprint density at radius 1 is 1.04 bits per heavy atom. The van der Waals surface area contributed by atoms with Gasteiger partial charge < -0.3 is 9.47 Å². The van der Waals surface area contributed by atoms with Gasteiger partial charge in [0.2, 0.25) is 6.04 Å². The number of rotatable bonds is 16. The number of unbranched alkanes of at least 4 members (excludes halogenated alkanes) is 7. The van der Waals surface area contributed by atoms with Gasteiger partial charge in [-0.3, -0.25) is 14.9 Å². The van der Waals surface area contributed by atoms with E-state index >= 15 is 0 Å². The van der Waals surface area contributed by atoms with Gasteiger partial charge in [-0.05, 0) is 19.8 Å². The molecule has 0 saturated heterocycles. The lowest BCUT2D eigenvalue weighted by Gasteiger charge is -2.11. The number of nitro groups is 1. The Hall–Kier alpha value is -1.92. The van der Waals surface area contributed by atoms with Gasteiger partial charge in [0, 0.05) is 29.8 Å². The molecule has 0 aliphatic rings. The van der Waals surface area contributed by atoms with Crippen LogP contribution in [0.1, 0.15) is 77.6 Å². The Bertz CT molecular complexity index is 449. The molecule has 0 N–H and O–H groups in total. The van der Waals surface area contributed by atoms with Crippen LogP contribution in [0.25, 0.3) is 0 Å². The summed E-state index contributed by atoms with van der Waals surface area (Å²) in [5.41, 5.74) is 0.167. The lowest BCUT2D eigenvalue weighted by molar-refractivity contribution is -0.523. The highest BCUT2D eigenvalue weighted by Gasteiger charge is 2.23. The third kappa shape index (κ3) is 12.4. The Morgan fingerprint density at radius 3 is 2.08 bits per heavy atom. The minimum atomic E-state index is -0.773. The molecule has 1 unspecified atom stereocenters. The summed E-state index contributed by atoms with van der Waals surface area (Å²) >= 11 is 0. The van der Waals surface area contributed by atoms with Gasteiger partial charge in [-0.15, -0.1) is 0 Å². The molecule has 0 radical (unpaired) electrons. The van der Waals surface area contributed by atoms with E-state index in [1.165, 1.54) is 7.11 Å². The zero-order chi connectivity index (χ0) is 19.8. The van der Waals surface area contributed by atoms with E-state index in [9.17, 15) is 19.7 Å². The molecule has 150 valence electrons. The van der Waals surface area contributed by atoms with Crippen molar-refractivity contribution in [1.29, 1.82) is 0 Å². The minimum Gasteiger partial charge on any atom is -0.469 e. The highest BCUT2D eigenvalue weighted by Crippen LogP contribution is 2.16. The quantitative estimate of drug-likeness (QED) is 0.133. The van der Waals surface area contributed by atoms with E-state index in [0.29, 0.717) is 12.8 Å². The van der Waals surface area contributed by atoms with Crippen molar-refractivity contribution in [2.75, 3.05) is 13.7 Å². The number of carbonyl (C=O) groups is 2. The van der Waals surface area contributed by atoms with E-state index in [-0.39, 0.29) is 29.5 Å². The molecule has 0 fully saturated rings. The Balaban J connectivity index is 3.75. The summed E-state index contributed by atoms with van der Waals surface area (Å²) in [6, 6.07) is -0.773. The normalized spacial score (nSPS) is 11.6. The third-order valence-electron chi connectivity index (χ3n) is 4.24. The molecule has 0 spiro atoms. The number of carbonyl (C=O) groups excluding carboxylic acids is 2. The zero-order valence-electron chi connectivity index (χ0n) is 16.2. The molecular formula is C19H33NO6. The largest absolute Gasteiger partial charge is 0.469 e. The van der Waals surface area contributed by atoms with E-state index in [4.69, 9.17) is 4.74 Å². The number of hydrogen-bond acceptors (Lipinski definition) is 6. The summed E-state index contributed by atoms with van der Waals surface area (Å²) in [6.07, 6.45) is 8.91. The summed E-state index contributed by atoms with van der Waals surface area (Å²) in [7, 11) is 1.40. The van der Waals surface area contributed by atoms with E-state index < -0.39 is 12.0 Å². The summed E-state index contributed by atoms with van der Waals surface area (Å²) in [5, 5.41) is 11.1. The van der Waals surface area contributed by atoms with E-state index in [1.807, 2.05) is 0 Å². The van der Waals surface area contributed by atoms with Crippen LogP contribution in [0.4, 0.5) is 0 Å². The molecule has 0 bridgehead atoms. The standard InChI is InChI=1S/C19H33NO6/c1-4-26-19(22)16(2)15-17(20(23)24)13-11-9-7-5-6-8-10-12-14-18(21)25-3/h17H,2,4-15H2,1,3H3. The average molecular weight is 371 g/mol. The number of nitrogens with zero attached hydrogens (tertiary/aromatic N) is 1. The molecular weight excluding hydrogens is 338 g/mol. The number of ether oxygens (including phenoxy) is 2. The smallest absolute Gasteiger partial charge is 0.333 e. The molecule has 0 aliphatic carbocycles. The third-order valence-corrected chi connectivity index (χ3v) is 4.24. The highest BCUT2D eigenvalue weighted by atomic mass is 16.6. The van der Waals surface area contributed by atoms with Crippen molar-refractivity contribution >= 4 is 11.9 Å². The molecule has 0 aromatic heterocycles. The first-order valence-electron chi connectivity index (χ1n) is 9.47. The van der Waals surface area contributed by atoms with Crippen molar-refractivity contribution in [3.05, 3.63) is 22.3 Å². The van der Waals surface area contributed by atoms with Crippen LogP contribution in [0.2, 0.25) is 0 Å². The van der Waals surface area contributed by atoms with Gasteiger partial charge in [0.25, 0.3) is 0 Å². The van der Waals surface area contributed by atoms with Gasteiger partial charge in [0.15, 0.2) is 0 Å². The number of methoxy groups -OCH3 is 1. The van der Waals surface area contributed by atoms with Gasteiger partial charge in [-0.1, -0.05) is 45.1 Å². The van der Waals surface area contributed by atoms with Gasteiger partial charge in [-0.25, -0.2) is 4.79 Å². The predicted octanol–water partition coefficient (Wildman–Crippen LogP) is 4.22. The lowest BCUT2D eigenvalue weighted by atomic mass is 10.0. The maximum absolute atomic E-state index is 11.5. The number of hydrogen-bond donors (Lipinski definition) is 0. The molecule has 7 heteroatoms. The van der Waals surface area contributed by atoms with Crippen LogP contribution in [0.5, 0.6) is 0 Å². The van der Waals surface area contributed by atoms with Crippen molar-refractivity contribution in [2.45, 2.75) is 83.6 Å². The SMILES string of the molecule is C=C(CC(CCCCCCCCCCC(=O)OC)[N+](=O)[O-])C(=O)OCC. The number of esters is 2. The van der Waals surface area contributed by atoms with Gasteiger partial charge in [-0.2, -0.15) is 0 Å². The van der Waals surface area contributed by atoms with Crippen LogP contribution >= 0.6 is 0 Å². The summed E-state index contributed by atoms with van der Waals surface area (Å²) < 4.78 is 9.40. The molecule has 0 saturated carbocycles. The van der Waals surface area contributed by atoms with Crippen LogP contribution in [0.3, 0.4) is 0 Å². The molecule has 0 amide bonds. The molecule has 0 heterocycles. The van der Waals surface area contributed by atoms with Crippen molar-refractivity contribution in [2.24, 2.45) is 0 Å². The zero-order valence-corrected chi connectivity index (χ0v) is 16.2. The summed E-state index contributed by atoms with van der Waals surface area (Å²) in [5.74, 6) is -0.706. The average Bonchev–Trinajstić information content (AvgIpc) is 2.61. The minimum absolute atomic E-state index is 0.0476. The van der Waals surface area contributed by atoms with E-state index in [0.717, 1.165) is 51.4 Å². The van der Waals surface area contributed by atoms with E-state index in [2.05, 4.69) is 11.3 Å². The topological polar surface area (TPSA) is 95.7 Å². The Labute approximate surface area is 156 Å². The van der Waals surface area contributed by atoms with Gasteiger partial charge in [0.1, 0.15) is 0 Å². The fraction of sp³-hybridized carbons (Fsp3) is 0.789. The highest BCUT2D eigenvalue weighted by molar-refractivity contribution is 5.87. The molecule has 0 aromatic carbocycles. The van der Waals surface area contributed by atoms with Crippen LogP contribution in [0.15, 0.2) is 12.2 Å². The van der Waals surface area contributed by atoms with Crippen molar-refractivity contribution in [3.63, 3.8) is 0 Å². The lowest BCUT2D eigenvalue weighted by Crippen LogP contribution is -2.22. The maximum Gasteiger partial charge on any atom is 0.333 e. The first-order chi connectivity index (χ1) is 12.4. The van der Waals surface area contributed by atoms with Gasteiger partial charge >= 0.3 is 11.9 Å². The van der Waals surface area contributed by atoms with Crippen molar-refractivity contribution in [1.82, 2.24) is 0 Å². The predicted molar refractivity (Wildman–Crippen MR) is 99.4 cm³/mol. The molecule has 1 atom stereocenters. The molecule has 0 rings (SSSR count). The maximum atomic E-state index is 11.5. The second-order valence-electron chi connectivity index (χ2n) is 6.41. The fourth-order valence-corrected chi connectivity index (χ4v) is 2.69. The van der Waals surface area contributed by atoms with Crippen LogP contribution in [-0.2, 0) is 19.1 Å². The van der Waals surface area contributed by atoms with Gasteiger partial charge in [0.05, 0.1) is 13.7 Å². The molecule has 26 heavy (non-hydrogen) atoms. The van der Waals surface area contributed by atoms with E-state index in [1.54, 1.807) is 6.92 Å². The first kappa shape index (κ1) is 24.1. The van der Waals surface area contributed by atoms with Crippen molar-refractivity contribution in [3.8, 4) is 0 Å². The second-order valence-corrected chi connectivity index (χ2v) is 6.41.